The second-order valence-electron chi connectivity index (χ2n) is 4.63. The van der Waals surface area contributed by atoms with Crippen molar-refractivity contribution in [2.24, 2.45) is 0 Å². The van der Waals surface area contributed by atoms with Crippen molar-refractivity contribution in [1.29, 1.82) is 0 Å². The maximum atomic E-state index is 13.1. The van der Waals surface area contributed by atoms with Crippen molar-refractivity contribution < 1.29 is 13.9 Å². The maximum absolute atomic E-state index is 13.1. The molecule has 0 aliphatic carbocycles. The number of hydrogen-bond acceptors (Lipinski definition) is 3. The fraction of sp³-hybridized carbons (Fsp3) is 0.235. The van der Waals surface area contributed by atoms with Gasteiger partial charge in [-0.25, -0.2) is 4.39 Å². The number of hydrogen-bond donors (Lipinski definition) is 0. The lowest BCUT2D eigenvalue weighted by Gasteiger charge is -2.26. The highest BCUT2D eigenvalue weighted by atomic mass is 19.1. The van der Waals surface area contributed by atoms with Crippen LogP contribution in [0.2, 0.25) is 0 Å². The Hall–Kier alpha value is -2.36. The summed E-state index contributed by atoms with van der Waals surface area (Å²) in [4.78, 5) is 13.9. The van der Waals surface area contributed by atoms with Crippen LogP contribution in [0.15, 0.2) is 42.5 Å². The first-order valence-electron chi connectivity index (χ1n) is 6.79. The Morgan fingerprint density at radius 1 is 1.19 bits per heavy atom. The molecule has 0 bridgehead atoms. The lowest BCUT2D eigenvalue weighted by atomic mass is 10.1. The van der Waals surface area contributed by atoms with Crippen LogP contribution in [0, 0.1) is 5.82 Å². The summed E-state index contributed by atoms with van der Waals surface area (Å²) in [7, 11) is 1.54. The van der Waals surface area contributed by atoms with Gasteiger partial charge in [0.05, 0.1) is 18.4 Å². The van der Waals surface area contributed by atoms with Gasteiger partial charge in [-0.3, -0.25) is 4.79 Å². The minimum atomic E-state index is -0.285. The van der Waals surface area contributed by atoms with Crippen LogP contribution in [-0.2, 0) is 0 Å². The van der Waals surface area contributed by atoms with Crippen LogP contribution in [0.5, 0.6) is 5.75 Å². The zero-order valence-corrected chi connectivity index (χ0v) is 12.4. The van der Waals surface area contributed by atoms with Gasteiger partial charge in [-0.2, -0.15) is 0 Å². The fourth-order valence-electron chi connectivity index (χ4n) is 2.38. The second kappa shape index (κ2) is 6.39. The zero-order chi connectivity index (χ0) is 15.4. The molecule has 0 aromatic heterocycles. The highest BCUT2D eigenvalue weighted by molar-refractivity contribution is 6.03. The van der Waals surface area contributed by atoms with Crippen molar-refractivity contribution >= 4 is 17.2 Å². The van der Waals surface area contributed by atoms with E-state index in [1.54, 1.807) is 25.3 Å². The van der Waals surface area contributed by atoms with Crippen LogP contribution in [0.3, 0.4) is 0 Å². The number of rotatable bonds is 5. The van der Waals surface area contributed by atoms with Gasteiger partial charge in [-0.1, -0.05) is 6.07 Å². The zero-order valence-electron chi connectivity index (χ0n) is 12.4. The minimum Gasteiger partial charge on any atom is -0.496 e. The molecule has 0 amide bonds. The summed E-state index contributed by atoms with van der Waals surface area (Å²) >= 11 is 0. The quantitative estimate of drug-likeness (QED) is 0.772. The molecule has 0 atom stereocenters. The van der Waals surface area contributed by atoms with Gasteiger partial charge in [-0.15, -0.1) is 0 Å². The number of benzene rings is 2. The number of Topliss-reactive ketones (excluding diaryl/α,β-unsaturated/α-hetero) is 1. The van der Waals surface area contributed by atoms with Crippen molar-refractivity contribution in [2.45, 2.75) is 13.8 Å². The molecule has 110 valence electrons. The third-order valence-electron chi connectivity index (χ3n) is 3.32. The number of halogens is 1. The van der Waals surface area contributed by atoms with Gasteiger partial charge >= 0.3 is 0 Å². The van der Waals surface area contributed by atoms with Crippen molar-refractivity contribution in [3.63, 3.8) is 0 Å². The van der Waals surface area contributed by atoms with E-state index in [2.05, 4.69) is 0 Å². The van der Waals surface area contributed by atoms with Gasteiger partial charge in [0, 0.05) is 12.2 Å². The van der Waals surface area contributed by atoms with Crippen LogP contribution in [0.4, 0.5) is 15.8 Å². The van der Waals surface area contributed by atoms with E-state index in [0.717, 1.165) is 11.4 Å². The third-order valence-corrected chi connectivity index (χ3v) is 3.32. The van der Waals surface area contributed by atoms with Crippen molar-refractivity contribution in [3.8, 4) is 5.75 Å². The summed E-state index contributed by atoms with van der Waals surface area (Å²) in [6.45, 7) is 4.14. The van der Waals surface area contributed by atoms with E-state index in [0.29, 0.717) is 17.9 Å². The molecule has 2 aromatic rings. The molecule has 0 saturated carbocycles. The summed E-state index contributed by atoms with van der Waals surface area (Å²) in [5.41, 5.74) is 2.12. The van der Waals surface area contributed by atoms with Gasteiger partial charge < -0.3 is 9.64 Å². The van der Waals surface area contributed by atoms with Gasteiger partial charge in [0.15, 0.2) is 5.78 Å². The second-order valence-corrected chi connectivity index (χ2v) is 4.63. The molecule has 2 rings (SSSR count). The van der Waals surface area contributed by atoms with Gasteiger partial charge in [0.2, 0.25) is 0 Å². The smallest absolute Gasteiger partial charge is 0.165 e. The molecule has 2 aromatic carbocycles. The monoisotopic (exact) mass is 287 g/mol. The van der Waals surface area contributed by atoms with Gasteiger partial charge in [0.1, 0.15) is 11.6 Å². The van der Waals surface area contributed by atoms with E-state index in [4.69, 9.17) is 4.74 Å². The van der Waals surface area contributed by atoms with Crippen LogP contribution in [-0.4, -0.2) is 19.4 Å². The fourth-order valence-corrected chi connectivity index (χ4v) is 2.38. The molecule has 21 heavy (non-hydrogen) atoms. The van der Waals surface area contributed by atoms with Crippen LogP contribution in [0.1, 0.15) is 24.2 Å². The number of carbonyl (C=O) groups is 1. The van der Waals surface area contributed by atoms with Crippen molar-refractivity contribution in [1.82, 2.24) is 0 Å². The van der Waals surface area contributed by atoms with Gasteiger partial charge in [-0.05, 0) is 50.2 Å². The first-order valence-corrected chi connectivity index (χ1v) is 6.79. The first kappa shape index (κ1) is 15.0. The average Bonchev–Trinajstić information content (AvgIpc) is 2.49. The first-order chi connectivity index (χ1) is 10.1. The molecule has 0 aliphatic heterocycles. The minimum absolute atomic E-state index is 0.0667. The molecule has 0 saturated heterocycles. The number of methoxy groups -OCH3 is 1. The van der Waals surface area contributed by atoms with Crippen LogP contribution in [0.25, 0.3) is 0 Å². The molecule has 0 N–H and O–H groups in total. The normalized spacial score (nSPS) is 10.3. The molecular formula is C17H18FNO2. The van der Waals surface area contributed by atoms with E-state index in [1.165, 1.54) is 19.1 Å². The molecule has 0 aliphatic rings. The molecule has 0 heterocycles. The molecule has 0 spiro atoms. The van der Waals surface area contributed by atoms with E-state index in [9.17, 15) is 9.18 Å². The summed E-state index contributed by atoms with van der Waals surface area (Å²) < 4.78 is 18.4. The number of ketones is 1. The molecule has 0 unspecified atom stereocenters. The third kappa shape index (κ3) is 3.05. The summed E-state index contributed by atoms with van der Waals surface area (Å²) in [5, 5.41) is 0. The topological polar surface area (TPSA) is 29.5 Å². The van der Waals surface area contributed by atoms with Crippen molar-refractivity contribution in [2.75, 3.05) is 18.6 Å². The number of nitrogens with zero attached hydrogens (tertiary/aromatic N) is 1. The standard InChI is InChI=1S/C17H18FNO2/c1-4-19(14-10-8-13(18)9-11-14)15-6-5-7-16(21-3)17(15)12(2)20/h5-11H,4H2,1-3H3. The number of ether oxygens (including phenoxy) is 1. The molecular weight excluding hydrogens is 269 g/mol. The van der Waals surface area contributed by atoms with Crippen molar-refractivity contribution in [3.05, 3.63) is 53.8 Å². The Morgan fingerprint density at radius 2 is 1.86 bits per heavy atom. The lowest BCUT2D eigenvalue weighted by molar-refractivity contribution is 0.101. The van der Waals surface area contributed by atoms with E-state index >= 15 is 0 Å². The Labute approximate surface area is 124 Å². The summed E-state index contributed by atoms with van der Waals surface area (Å²) in [5.74, 6) is 0.191. The lowest BCUT2D eigenvalue weighted by Crippen LogP contribution is -2.19. The molecule has 0 fully saturated rings. The van der Waals surface area contributed by atoms with E-state index < -0.39 is 0 Å². The van der Waals surface area contributed by atoms with E-state index in [1.807, 2.05) is 24.0 Å². The summed E-state index contributed by atoms with van der Waals surface area (Å²) in [6, 6.07) is 11.7. The predicted octanol–water partition coefficient (Wildman–Crippen LogP) is 4.19. The Bertz CT molecular complexity index is 638. The predicted molar refractivity (Wildman–Crippen MR) is 82.1 cm³/mol. The molecule has 0 radical (unpaired) electrons. The average molecular weight is 287 g/mol. The van der Waals surface area contributed by atoms with Crippen LogP contribution < -0.4 is 9.64 Å². The van der Waals surface area contributed by atoms with E-state index in [-0.39, 0.29) is 11.6 Å². The van der Waals surface area contributed by atoms with Crippen LogP contribution >= 0.6 is 0 Å². The Kier molecular flexibility index (Phi) is 4.58. The maximum Gasteiger partial charge on any atom is 0.165 e. The Balaban J connectivity index is 2.57. The number of carbonyl (C=O) groups excluding carboxylic acids is 1. The molecule has 4 heteroatoms. The largest absolute Gasteiger partial charge is 0.496 e. The summed E-state index contributed by atoms with van der Waals surface area (Å²) in [6.07, 6.45) is 0. The SMILES string of the molecule is CCN(c1ccc(F)cc1)c1cccc(OC)c1C(C)=O. The number of anilines is 2. The highest BCUT2D eigenvalue weighted by Gasteiger charge is 2.18. The molecule has 3 nitrogen and oxygen atoms in total. The van der Waals surface area contributed by atoms with Gasteiger partial charge in [0.25, 0.3) is 0 Å². The Morgan fingerprint density at radius 3 is 2.38 bits per heavy atom. The highest BCUT2D eigenvalue weighted by Crippen LogP contribution is 2.34.